The Kier molecular flexibility index (Phi) is 4.43. The van der Waals surface area contributed by atoms with Crippen molar-refractivity contribution >= 4 is 10.0 Å². The molecule has 20 heavy (non-hydrogen) atoms. The molecule has 1 heterocycles. The zero-order valence-corrected chi connectivity index (χ0v) is 12.2. The van der Waals surface area contributed by atoms with Gasteiger partial charge in [-0.1, -0.05) is 6.07 Å². The van der Waals surface area contributed by atoms with Gasteiger partial charge in [0.05, 0.1) is 16.5 Å². The van der Waals surface area contributed by atoms with Crippen molar-refractivity contribution in [2.75, 3.05) is 19.7 Å². The molecule has 0 bridgehead atoms. The van der Waals surface area contributed by atoms with Crippen molar-refractivity contribution in [3.05, 3.63) is 29.3 Å². The minimum absolute atomic E-state index is 0.00187. The molecule has 1 unspecified atom stereocenters. The summed E-state index contributed by atoms with van der Waals surface area (Å²) >= 11 is 0. The lowest BCUT2D eigenvalue weighted by molar-refractivity contribution is 0.165. The molecule has 0 saturated carbocycles. The number of nitriles is 1. The second-order valence-electron chi connectivity index (χ2n) is 5.15. The number of aryl methyl sites for hydroxylation is 1. The van der Waals surface area contributed by atoms with Crippen molar-refractivity contribution in [3.8, 4) is 6.07 Å². The van der Waals surface area contributed by atoms with Gasteiger partial charge in [0.2, 0.25) is 10.0 Å². The summed E-state index contributed by atoms with van der Waals surface area (Å²) in [6, 6.07) is 6.65. The number of nitrogens with zero attached hydrogens (tertiary/aromatic N) is 2. The maximum absolute atomic E-state index is 12.7. The second kappa shape index (κ2) is 5.92. The smallest absolute Gasteiger partial charge is 0.243 e. The monoisotopic (exact) mass is 294 g/mol. The van der Waals surface area contributed by atoms with Crippen LogP contribution in [0, 0.1) is 24.2 Å². The van der Waals surface area contributed by atoms with Gasteiger partial charge in [-0.15, -0.1) is 0 Å². The van der Waals surface area contributed by atoms with Gasteiger partial charge >= 0.3 is 0 Å². The molecule has 1 aliphatic heterocycles. The first kappa shape index (κ1) is 15.0. The third-order valence-electron chi connectivity index (χ3n) is 3.67. The summed E-state index contributed by atoms with van der Waals surface area (Å²) < 4.78 is 26.8. The standard InChI is InChI=1S/C14H18N2O3S/c1-11-4-5-12(8-15)7-14(11)20(18,19)16-6-2-3-13(9-16)10-17/h4-5,7,13,17H,2-3,6,9-10H2,1H3. The summed E-state index contributed by atoms with van der Waals surface area (Å²) in [6.45, 7) is 2.54. The molecule has 1 N–H and O–H groups in total. The predicted molar refractivity (Wildman–Crippen MR) is 74.5 cm³/mol. The van der Waals surface area contributed by atoms with Gasteiger partial charge in [0.1, 0.15) is 0 Å². The van der Waals surface area contributed by atoms with Crippen molar-refractivity contribution in [2.45, 2.75) is 24.7 Å². The fourth-order valence-corrected chi connectivity index (χ4v) is 4.29. The number of sulfonamides is 1. The van der Waals surface area contributed by atoms with Crippen LogP contribution in [-0.2, 0) is 10.0 Å². The van der Waals surface area contributed by atoms with Crippen molar-refractivity contribution < 1.29 is 13.5 Å². The van der Waals surface area contributed by atoms with Gasteiger partial charge in [0, 0.05) is 19.7 Å². The topological polar surface area (TPSA) is 81.4 Å². The Balaban J connectivity index is 2.37. The number of rotatable bonds is 3. The van der Waals surface area contributed by atoms with Crippen LogP contribution < -0.4 is 0 Å². The van der Waals surface area contributed by atoms with Gasteiger partial charge in [0.25, 0.3) is 0 Å². The van der Waals surface area contributed by atoms with E-state index in [0.29, 0.717) is 24.2 Å². The molecule has 1 aromatic carbocycles. The van der Waals surface area contributed by atoms with Crippen LogP contribution in [0.25, 0.3) is 0 Å². The van der Waals surface area contributed by atoms with Gasteiger partial charge in [-0.05, 0) is 43.4 Å². The van der Waals surface area contributed by atoms with Gasteiger partial charge < -0.3 is 5.11 Å². The molecule has 1 fully saturated rings. The average Bonchev–Trinajstić information content (AvgIpc) is 2.47. The van der Waals surface area contributed by atoms with E-state index in [0.717, 1.165) is 12.8 Å². The summed E-state index contributed by atoms with van der Waals surface area (Å²) in [5.74, 6) is -0.00187. The lowest BCUT2D eigenvalue weighted by Crippen LogP contribution is -2.41. The van der Waals surface area contributed by atoms with E-state index in [9.17, 15) is 13.5 Å². The van der Waals surface area contributed by atoms with Crippen LogP contribution in [0.1, 0.15) is 24.0 Å². The molecule has 108 valence electrons. The summed E-state index contributed by atoms with van der Waals surface area (Å²) in [4.78, 5) is 0.190. The fourth-order valence-electron chi connectivity index (χ4n) is 2.48. The van der Waals surface area contributed by atoms with Crippen LogP contribution in [-0.4, -0.2) is 37.5 Å². The van der Waals surface area contributed by atoms with Gasteiger partial charge in [-0.2, -0.15) is 9.57 Å². The third kappa shape index (κ3) is 2.85. The number of hydrogen-bond donors (Lipinski definition) is 1. The molecule has 1 atom stereocenters. The molecule has 0 aliphatic carbocycles. The van der Waals surface area contributed by atoms with Crippen LogP contribution in [0.3, 0.4) is 0 Å². The highest BCUT2D eigenvalue weighted by atomic mass is 32.2. The van der Waals surface area contributed by atoms with E-state index in [2.05, 4.69) is 0 Å². The van der Waals surface area contributed by atoms with E-state index in [4.69, 9.17) is 5.26 Å². The van der Waals surface area contributed by atoms with Crippen LogP contribution in [0.4, 0.5) is 0 Å². The van der Waals surface area contributed by atoms with Crippen LogP contribution in [0.15, 0.2) is 23.1 Å². The van der Waals surface area contributed by atoms with E-state index in [1.165, 1.54) is 10.4 Å². The van der Waals surface area contributed by atoms with Crippen molar-refractivity contribution in [1.82, 2.24) is 4.31 Å². The van der Waals surface area contributed by atoms with E-state index >= 15 is 0 Å². The highest BCUT2D eigenvalue weighted by Gasteiger charge is 2.31. The molecular formula is C14H18N2O3S. The van der Waals surface area contributed by atoms with E-state index in [1.807, 2.05) is 6.07 Å². The highest BCUT2D eigenvalue weighted by Crippen LogP contribution is 2.26. The van der Waals surface area contributed by atoms with Crippen LogP contribution >= 0.6 is 0 Å². The molecule has 5 nitrogen and oxygen atoms in total. The van der Waals surface area contributed by atoms with Gasteiger partial charge in [-0.25, -0.2) is 8.42 Å². The van der Waals surface area contributed by atoms with Gasteiger partial charge in [-0.3, -0.25) is 0 Å². The Morgan fingerprint density at radius 3 is 2.90 bits per heavy atom. The largest absolute Gasteiger partial charge is 0.396 e. The molecule has 0 spiro atoms. The molecule has 1 aliphatic rings. The van der Waals surface area contributed by atoms with E-state index < -0.39 is 10.0 Å². The molecule has 0 aromatic heterocycles. The van der Waals surface area contributed by atoms with Crippen LogP contribution in [0.5, 0.6) is 0 Å². The number of piperidine rings is 1. The number of hydrogen-bond acceptors (Lipinski definition) is 4. The normalized spacial score (nSPS) is 20.6. The fraction of sp³-hybridized carbons (Fsp3) is 0.500. The first-order chi connectivity index (χ1) is 9.48. The third-order valence-corrected chi connectivity index (χ3v) is 5.68. The molecular weight excluding hydrogens is 276 g/mol. The second-order valence-corrected chi connectivity index (χ2v) is 7.05. The van der Waals surface area contributed by atoms with E-state index in [-0.39, 0.29) is 17.4 Å². The Labute approximate surface area is 119 Å². The van der Waals surface area contributed by atoms with Gasteiger partial charge in [0.15, 0.2) is 0 Å². The predicted octanol–water partition coefficient (Wildman–Crippen LogP) is 1.26. The van der Waals surface area contributed by atoms with Crippen LogP contribution in [0.2, 0.25) is 0 Å². The first-order valence-corrected chi connectivity index (χ1v) is 8.05. The highest BCUT2D eigenvalue weighted by molar-refractivity contribution is 7.89. The number of aliphatic hydroxyl groups is 1. The van der Waals surface area contributed by atoms with E-state index in [1.54, 1.807) is 19.1 Å². The zero-order chi connectivity index (χ0) is 14.8. The maximum Gasteiger partial charge on any atom is 0.243 e. The molecule has 1 saturated heterocycles. The number of aliphatic hydroxyl groups excluding tert-OH is 1. The summed E-state index contributed by atoms with van der Waals surface area (Å²) in [5, 5.41) is 18.1. The molecule has 2 rings (SSSR count). The Bertz CT molecular complexity index is 634. The quantitative estimate of drug-likeness (QED) is 0.910. The van der Waals surface area contributed by atoms with Crippen molar-refractivity contribution in [2.24, 2.45) is 5.92 Å². The Morgan fingerprint density at radius 1 is 1.50 bits per heavy atom. The maximum atomic E-state index is 12.7. The summed E-state index contributed by atoms with van der Waals surface area (Å²) in [7, 11) is -3.60. The summed E-state index contributed by atoms with van der Waals surface area (Å²) in [6.07, 6.45) is 1.60. The molecule has 6 heteroatoms. The average molecular weight is 294 g/mol. The van der Waals surface area contributed by atoms with Crippen molar-refractivity contribution in [3.63, 3.8) is 0 Å². The lowest BCUT2D eigenvalue weighted by atomic mass is 10.0. The Hall–Kier alpha value is -1.42. The lowest BCUT2D eigenvalue weighted by Gasteiger charge is -2.31. The molecule has 0 amide bonds. The minimum atomic E-state index is -3.60. The number of benzene rings is 1. The first-order valence-electron chi connectivity index (χ1n) is 6.61. The zero-order valence-electron chi connectivity index (χ0n) is 11.4. The SMILES string of the molecule is Cc1ccc(C#N)cc1S(=O)(=O)N1CCCC(CO)C1. The summed E-state index contributed by atoms with van der Waals surface area (Å²) in [5.41, 5.74) is 0.972. The molecule has 0 radical (unpaired) electrons. The minimum Gasteiger partial charge on any atom is -0.396 e. The Morgan fingerprint density at radius 2 is 2.25 bits per heavy atom. The van der Waals surface area contributed by atoms with Crippen molar-refractivity contribution in [1.29, 1.82) is 5.26 Å². The molecule has 1 aromatic rings.